The third-order valence-electron chi connectivity index (χ3n) is 2.38. The number of halogens is 1. The van der Waals surface area contributed by atoms with Crippen molar-refractivity contribution in [3.8, 4) is 5.75 Å². The highest BCUT2D eigenvalue weighted by molar-refractivity contribution is 5.80. The zero-order chi connectivity index (χ0) is 13.4. The van der Waals surface area contributed by atoms with Gasteiger partial charge in [0.15, 0.2) is 6.10 Å². The predicted molar refractivity (Wildman–Crippen MR) is 68.0 cm³/mol. The molecule has 0 saturated carbocycles. The van der Waals surface area contributed by atoms with E-state index in [-0.39, 0.29) is 11.7 Å². The molecule has 1 aromatic rings. The van der Waals surface area contributed by atoms with Gasteiger partial charge in [-0.2, -0.15) is 0 Å². The van der Waals surface area contributed by atoms with E-state index in [2.05, 4.69) is 10.6 Å². The summed E-state index contributed by atoms with van der Waals surface area (Å²) in [6.07, 6.45) is 0.218. The van der Waals surface area contributed by atoms with Gasteiger partial charge >= 0.3 is 0 Å². The largest absolute Gasteiger partial charge is 0.481 e. The molecule has 4 nitrogen and oxygen atoms in total. The van der Waals surface area contributed by atoms with Crippen molar-refractivity contribution in [3.63, 3.8) is 0 Å². The maximum absolute atomic E-state index is 12.9. The molecule has 1 aromatic carbocycles. The van der Waals surface area contributed by atoms with E-state index in [1.54, 1.807) is 19.1 Å². The van der Waals surface area contributed by atoms with Gasteiger partial charge in [-0.05, 0) is 39.1 Å². The summed E-state index contributed by atoms with van der Waals surface area (Å²) in [5.41, 5.74) is 0. The van der Waals surface area contributed by atoms with Gasteiger partial charge in [0, 0.05) is 12.6 Å². The molecule has 0 saturated heterocycles. The standard InChI is InChI=1S/C13H19FN2O2/c1-10(13(17)16-8-4-7-15-2)18-12-6-3-5-11(14)9-12/h3,5-6,9-10,15H,4,7-8H2,1-2H3,(H,16,17). The molecule has 100 valence electrons. The monoisotopic (exact) mass is 254 g/mol. The number of hydrogen-bond donors (Lipinski definition) is 2. The van der Waals surface area contributed by atoms with Crippen LogP contribution in [-0.2, 0) is 4.79 Å². The van der Waals surface area contributed by atoms with Crippen molar-refractivity contribution in [2.75, 3.05) is 20.1 Å². The molecule has 1 atom stereocenters. The van der Waals surface area contributed by atoms with E-state index < -0.39 is 6.10 Å². The minimum absolute atomic E-state index is 0.199. The predicted octanol–water partition coefficient (Wildman–Crippen LogP) is 1.32. The van der Waals surface area contributed by atoms with Crippen molar-refractivity contribution in [2.45, 2.75) is 19.4 Å². The van der Waals surface area contributed by atoms with Crippen LogP contribution in [0.1, 0.15) is 13.3 Å². The molecule has 2 N–H and O–H groups in total. The van der Waals surface area contributed by atoms with E-state index in [1.165, 1.54) is 12.1 Å². The summed E-state index contributed by atoms with van der Waals surface area (Å²) in [6, 6.07) is 5.75. The molecular weight excluding hydrogens is 235 g/mol. The third kappa shape index (κ3) is 5.14. The number of carbonyl (C=O) groups is 1. The molecule has 1 unspecified atom stereocenters. The first kappa shape index (κ1) is 14.4. The molecule has 0 bridgehead atoms. The third-order valence-corrected chi connectivity index (χ3v) is 2.38. The average Bonchev–Trinajstić information content (AvgIpc) is 2.34. The first-order valence-electron chi connectivity index (χ1n) is 5.98. The lowest BCUT2D eigenvalue weighted by molar-refractivity contribution is -0.127. The minimum atomic E-state index is -0.638. The van der Waals surface area contributed by atoms with Gasteiger partial charge in [0.25, 0.3) is 5.91 Å². The van der Waals surface area contributed by atoms with Gasteiger partial charge in [0.2, 0.25) is 0 Å². The van der Waals surface area contributed by atoms with E-state index in [9.17, 15) is 9.18 Å². The van der Waals surface area contributed by atoms with Crippen LogP contribution in [0.15, 0.2) is 24.3 Å². The molecule has 0 aromatic heterocycles. The molecule has 18 heavy (non-hydrogen) atoms. The Morgan fingerprint density at radius 1 is 1.44 bits per heavy atom. The Kier molecular flexibility index (Phi) is 6.14. The van der Waals surface area contributed by atoms with Crippen molar-refractivity contribution in [3.05, 3.63) is 30.1 Å². The molecule has 0 radical (unpaired) electrons. The molecule has 0 fully saturated rings. The average molecular weight is 254 g/mol. The minimum Gasteiger partial charge on any atom is -0.481 e. The van der Waals surface area contributed by atoms with Crippen LogP contribution in [-0.4, -0.2) is 32.1 Å². The van der Waals surface area contributed by atoms with Crippen LogP contribution in [0.3, 0.4) is 0 Å². The normalized spacial score (nSPS) is 11.9. The zero-order valence-corrected chi connectivity index (χ0v) is 10.7. The highest BCUT2D eigenvalue weighted by Crippen LogP contribution is 2.13. The number of benzene rings is 1. The van der Waals surface area contributed by atoms with Gasteiger partial charge in [-0.25, -0.2) is 4.39 Å². The smallest absolute Gasteiger partial charge is 0.260 e. The van der Waals surface area contributed by atoms with Crippen LogP contribution in [0.4, 0.5) is 4.39 Å². The van der Waals surface area contributed by atoms with Gasteiger partial charge in [0.1, 0.15) is 11.6 Å². The molecular formula is C13H19FN2O2. The number of ether oxygens (including phenoxy) is 1. The van der Waals surface area contributed by atoms with Gasteiger partial charge in [-0.1, -0.05) is 6.07 Å². The van der Waals surface area contributed by atoms with Crippen LogP contribution in [0, 0.1) is 5.82 Å². The van der Waals surface area contributed by atoms with Crippen LogP contribution >= 0.6 is 0 Å². The van der Waals surface area contributed by atoms with E-state index in [4.69, 9.17) is 4.74 Å². The lowest BCUT2D eigenvalue weighted by Gasteiger charge is -2.14. The molecule has 0 heterocycles. The number of nitrogens with one attached hydrogen (secondary N) is 2. The highest BCUT2D eigenvalue weighted by atomic mass is 19.1. The first-order valence-corrected chi connectivity index (χ1v) is 5.98. The van der Waals surface area contributed by atoms with Crippen molar-refractivity contribution in [1.29, 1.82) is 0 Å². The van der Waals surface area contributed by atoms with Crippen LogP contribution in [0.25, 0.3) is 0 Å². The Morgan fingerprint density at radius 3 is 2.89 bits per heavy atom. The van der Waals surface area contributed by atoms with Gasteiger partial charge in [-0.15, -0.1) is 0 Å². The second-order valence-corrected chi connectivity index (χ2v) is 3.97. The fraction of sp³-hybridized carbons (Fsp3) is 0.462. The SMILES string of the molecule is CNCCCNC(=O)C(C)Oc1cccc(F)c1. The Labute approximate surface area is 107 Å². The van der Waals surface area contributed by atoms with E-state index in [1.807, 2.05) is 7.05 Å². The lowest BCUT2D eigenvalue weighted by Crippen LogP contribution is -2.37. The Morgan fingerprint density at radius 2 is 2.22 bits per heavy atom. The van der Waals surface area contributed by atoms with Crippen molar-refractivity contribution >= 4 is 5.91 Å². The van der Waals surface area contributed by atoms with Crippen LogP contribution < -0.4 is 15.4 Å². The molecule has 0 aliphatic rings. The first-order chi connectivity index (χ1) is 8.63. The summed E-state index contributed by atoms with van der Waals surface area (Å²) in [6.45, 7) is 3.08. The summed E-state index contributed by atoms with van der Waals surface area (Å²) in [4.78, 5) is 11.6. The summed E-state index contributed by atoms with van der Waals surface area (Å²) in [7, 11) is 1.86. The molecule has 0 aliphatic heterocycles. The summed E-state index contributed by atoms with van der Waals surface area (Å²) >= 11 is 0. The maximum Gasteiger partial charge on any atom is 0.260 e. The van der Waals surface area contributed by atoms with E-state index in [0.717, 1.165) is 13.0 Å². The van der Waals surface area contributed by atoms with Crippen LogP contribution in [0.5, 0.6) is 5.75 Å². The fourth-order valence-electron chi connectivity index (χ4n) is 1.42. The van der Waals surface area contributed by atoms with Gasteiger partial charge in [0.05, 0.1) is 0 Å². The van der Waals surface area contributed by atoms with E-state index in [0.29, 0.717) is 12.3 Å². The summed E-state index contributed by atoms with van der Waals surface area (Å²) in [5.74, 6) is -0.225. The fourth-order valence-corrected chi connectivity index (χ4v) is 1.42. The second-order valence-electron chi connectivity index (χ2n) is 3.97. The lowest BCUT2D eigenvalue weighted by atomic mass is 10.3. The number of amides is 1. The second kappa shape index (κ2) is 7.66. The highest BCUT2D eigenvalue weighted by Gasteiger charge is 2.13. The summed E-state index contributed by atoms with van der Waals surface area (Å²) in [5, 5.41) is 5.75. The molecule has 5 heteroatoms. The zero-order valence-electron chi connectivity index (χ0n) is 10.7. The topological polar surface area (TPSA) is 50.4 Å². The summed E-state index contributed by atoms with van der Waals surface area (Å²) < 4.78 is 18.3. The van der Waals surface area contributed by atoms with Crippen molar-refractivity contribution in [2.24, 2.45) is 0 Å². The van der Waals surface area contributed by atoms with Crippen molar-refractivity contribution < 1.29 is 13.9 Å². The molecule has 1 amide bonds. The molecule has 1 rings (SSSR count). The molecule has 0 aliphatic carbocycles. The maximum atomic E-state index is 12.9. The Hall–Kier alpha value is -1.62. The van der Waals surface area contributed by atoms with Crippen LogP contribution in [0.2, 0.25) is 0 Å². The quantitative estimate of drug-likeness (QED) is 0.721. The number of carbonyl (C=O) groups excluding carboxylic acids is 1. The Bertz CT molecular complexity index is 385. The van der Waals surface area contributed by atoms with E-state index >= 15 is 0 Å². The molecule has 0 spiro atoms. The Balaban J connectivity index is 2.35. The van der Waals surface area contributed by atoms with Crippen molar-refractivity contribution in [1.82, 2.24) is 10.6 Å². The van der Waals surface area contributed by atoms with Gasteiger partial charge in [-0.3, -0.25) is 4.79 Å². The number of rotatable bonds is 7. The van der Waals surface area contributed by atoms with Gasteiger partial charge < -0.3 is 15.4 Å². The number of hydrogen-bond acceptors (Lipinski definition) is 3.